The highest BCUT2D eigenvalue weighted by Crippen LogP contribution is 2.37. The molecule has 15 heavy (non-hydrogen) atoms. The van der Waals surface area contributed by atoms with E-state index in [1.807, 2.05) is 19.1 Å². The van der Waals surface area contributed by atoms with Crippen LogP contribution < -0.4 is 4.74 Å². The van der Waals surface area contributed by atoms with Gasteiger partial charge in [0.1, 0.15) is 11.5 Å². The molecule has 1 aliphatic carbocycles. The maximum Gasteiger partial charge on any atom is 0.140 e. The molecule has 0 saturated heterocycles. The summed E-state index contributed by atoms with van der Waals surface area (Å²) in [5, 5.41) is 0. The van der Waals surface area contributed by atoms with Crippen LogP contribution in [0.4, 0.5) is 0 Å². The maximum absolute atomic E-state index is 11.4. The van der Waals surface area contributed by atoms with Crippen LogP contribution in [-0.2, 0) is 4.79 Å². The summed E-state index contributed by atoms with van der Waals surface area (Å²) in [6.07, 6.45) is 1.75. The lowest BCUT2D eigenvalue weighted by molar-refractivity contribution is -0.125. The Kier molecular flexibility index (Phi) is 2.51. The SMILES string of the molecule is COc1ccc(C2CCC2=O)c(C)c1C. The number of hydrogen-bond acceptors (Lipinski definition) is 2. The van der Waals surface area contributed by atoms with E-state index >= 15 is 0 Å². The lowest BCUT2D eigenvalue weighted by Crippen LogP contribution is -2.24. The summed E-state index contributed by atoms with van der Waals surface area (Å²) < 4.78 is 5.25. The quantitative estimate of drug-likeness (QED) is 0.740. The van der Waals surface area contributed by atoms with Crippen LogP contribution in [-0.4, -0.2) is 12.9 Å². The van der Waals surface area contributed by atoms with Gasteiger partial charge in [-0.3, -0.25) is 4.79 Å². The monoisotopic (exact) mass is 204 g/mol. The van der Waals surface area contributed by atoms with Crippen molar-refractivity contribution in [2.24, 2.45) is 0 Å². The summed E-state index contributed by atoms with van der Waals surface area (Å²) in [4.78, 5) is 11.4. The average Bonchev–Trinajstić information content (AvgIpc) is 2.23. The van der Waals surface area contributed by atoms with Crippen molar-refractivity contribution in [2.75, 3.05) is 7.11 Å². The number of ether oxygens (including phenoxy) is 1. The molecule has 0 amide bonds. The van der Waals surface area contributed by atoms with E-state index in [1.165, 1.54) is 11.1 Å². The predicted molar refractivity (Wildman–Crippen MR) is 59.5 cm³/mol. The molecule has 0 N–H and O–H groups in total. The van der Waals surface area contributed by atoms with Crippen molar-refractivity contribution in [3.05, 3.63) is 28.8 Å². The van der Waals surface area contributed by atoms with Crippen molar-refractivity contribution in [2.45, 2.75) is 32.6 Å². The van der Waals surface area contributed by atoms with Gasteiger partial charge in [0.25, 0.3) is 0 Å². The van der Waals surface area contributed by atoms with Crippen molar-refractivity contribution < 1.29 is 9.53 Å². The van der Waals surface area contributed by atoms with E-state index in [-0.39, 0.29) is 5.92 Å². The summed E-state index contributed by atoms with van der Waals surface area (Å²) in [7, 11) is 1.68. The highest BCUT2D eigenvalue weighted by Gasteiger charge is 2.31. The minimum Gasteiger partial charge on any atom is -0.496 e. The van der Waals surface area contributed by atoms with Gasteiger partial charge in [0.2, 0.25) is 0 Å². The lowest BCUT2D eigenvalue weighted by Gasteiger charge is -2.26. The standard InChI is InChI=1S/C13H16O2/c1-8-9(2)13(15-3)7-5-10(8)11-4-6-12(11)14/h5,7,11H,4,6H2,1-3H3. The Bertz CT molecular complexity index is 407. The average molecular weight is 204 g/mol. The number of carbonyl (C=O) groups is 1. The summed E-state index contributed by atoms with van der Waals surface area (Å²) in [5.74, 6) is 1.43. The summed E-state index contributed by atoms with van der Waals surface area (Å²) >= 11 is 0. The highest BCUT2D eigenvalue weighted by atomic mass is 16.5. The summed E-state index contributed by atoms with van der Waals surface area (Å²) in [6, 6.07) is 3.99. The van der Waals surface area contributed by atoms with E-state index in [9.17, 15) is 4.79 Å². The van der Waals surface area contributed by atoms with E-state index < -0.39 is 0 Å². The molecular formula is C13H16O2. The number of rotatable bonds is 2. The van der Waals surface area contributed by atoms with Crippen LogP contribution in [0, 0.1) is 13.8 Å². The Morgan fingerprint density at radius 3 is 2.47 bits per heavy atom. The zero-order valence-corrected chi connectivity index (χ0v) is 9.46. The fraction of sp³-hybridized carbons (Fsp3) is 0.462. The zero-order valence-electron chi connectivity index (χ0n) is 9.46. The second kappa shape index (κ2) is 3.69. The Hall–Kier alpha value is -1.31. The molecule has 80 valence electrons. The number of Topliss-reactive ketones (excluding diaryl/α,β-unsaturated/α-hetero) is 1. The number of benzene rings is 1. The van der Waals surface area contributed by atoms with Gasteiger partial charge in [-0.1, -0.05) is 6.07 Å². The predicted octanol–water partition coefficient (Wildman–Crippen LogP) is 2.76. The van der Waals surface area contributed by atoms with E-state index in [2.05, 4.69) is 6.92 Å². The first kappa shape index (κ1) is 10.2. The van der Waals surface area contributed by atoms with Gasteiger partial charge in [-0.25, -0.2) is 0 Å². The molecule has 0 radical (unpaired) electrons. The maximum atomic E-state index is 11.4. The van der Waals surface area contributed by atoms with Crippen molar-refractivity contribution in [1.29, 1.82) is 0 Å². The first-order valence-electron chi connectivity index (χ1n) is 5.32. The van der Waals surface area contributed by atoms with E-state index in [4.69, 9.17) is 4.74 Å². The molecule has 0 bridgehead atoms. The van der Waals surface area contributed by atoms with Crippen molar-refractivity contribution in [3.63, 3.8) is 0 Å². The van der Waals surface area contributed by atoms with E-state index in [0.717, 1.165) is 24.2 Å². The van der Waals surface area contributed by atoms with Gasteiger partial charge in [0.15, 0.2) is 0 Å². The molecule has 1 saturated carbocycles. The Morgan fingerprint density at radius 2 is 2.00 bits per heavy atom. The molecule has 0 heterocycles. The first-order valence-corrected chi connectivity index (χ1v) is 5.32. The Balaban J connectivity index is 2.41. The van der Waals surface area contributed by atoms with Crippen LogP contribution in [0.2, 0.25) is 0 Å². The molecule has 1 fully saturated rings. The smallest absolute Gasteiger partial charge is 0.140 e. The van der Waals surface area contributed by atoms with Crippen LogP contribution in [0.5, 0.6) is 5.75 Å². The number of hydrogen-bond donors (Lipinski definition) is 0. The van der Waals surface area contributed by atoms with Crippen LogP contribution >= 0.6 is 0 Å². The molecule has 0 aromatic heterocycles. The Labute approximate surface area is 90.3 Å². The van der Waals surface area contributed by atoms with Crippen LogP contribution in [0.15, 0.2) is 12.1 Å². The van der Waals surface area contributed by atoms with Gasteiger partial charge in [0, 0.05) is 12.3 Å². The van der Waals surface area contributed by atoms with Gasteiger partial charge >= 0.3 is 0 Å². The molecular weight excluding hydrogens is 188 g/mol. The third kappa shape index (κ3) is 1.54. The van der Waals surface area contributed by atoms with Gasteiger partial charge in [-0.05, 0) is 43.0 Å². The van der Waals surface area contributed by atoms with Gasteiger partial charge in [-0.15, -0.1) is 0 Å². The minimum absolute atomic E-state index is 0.148. The molecule has 0 aliphatic heterocycles. The van der Waals surface area contributed by atoms with E-state index in [1.54, 1.807) is 7.11 Å². The van der Waals surface area contributed by atoms with Crippen LogP contribution in [0.3, 0.4) is 0 Å². The molecule has 2 rings (SSSR count). The fourth-order valence-electron chi connectivity index (χ4n) is 2.15. The molecule has 2 nitrogen and oxygen atoms in total. The molecule has 1 aliphatic rings. The normalized spacial score (nSPS) is 19.9. The largest absolute Gasteiger partial charge is 0.496 e. The fourth-order valence-corrected chi connectivity index (χ4v) is 2.15. The highest BCUT2D eigenvalue weighted by molar-refractivity contribution is 5.91. The topological polar surface area (TPSA) is 26.3 Å². The van der Waals surface area contributed by atoms with Gasteiger partial charge < -0.3 is 4.74 Å². The lowest BCUT2D eigenvalue weighted by atomic mass is 9.76. The van der Waals surface area contributed by atoms with Crippen molar-refractivity contribution in [3.8, 4) is 5.75 Å². The molecule has 1 aromatic rings. The van der Waals surface area contributed by atoms with E-state index in [0.29, 0.717) is 5.78 Å². The van der Waals surface area contributed by atoms with Crippen molar-refractivity contribution in [1.82, 2.24) is 0 Å². The summed E-state index contributed by atoms with van der Waals surface area (Å²) in [6.45, 7) is 4.11. The Morgan fingerprint density at radius 1 is 1.27 bits per heavy atom. The summed E-state index contributed by atoms with van der Waals surface area (Å²) in [5.41, 5.74) is 3.53. The third-order valence-electron chi connectivity index (χ3n) is 3.44. The minimum atomic E-state index is 0.148. The van der Waals surface area contributed by atoms with Gasteiger partial charge in [0.05, 0.1) is 7.11 Å². The number of methoxy groups -OCH3 is 1. The molecule has 1 aromatic carbocycles. The molecule has 0 spiro atoms. The number of ketones is 1. The molecule has 1 atom stereocenters. The van der Waals surface area contributed by atoms with Crippen LogP contribution in [0.1, 0.15) is 35.4 Å². The van der Waals surface area contributed by atoms with Gasteiger partial charge in [-0.2, -0.15) is 0 Å². The second-order valence-corrected chi connectivity index (χ2v) is 4.16. The first-order chi connectivity index (χ1) is 7.15. The molecule has 2 heteroatoms. The van der Waals surface area contributed by atoms with Crippen molar-refractivity contribution >= 4 is 5.78 Å². The zero-order chi connectivity index (χ0) is 11.0. The second-order valence-electron chi connectivity index (χ2n) is 4.16. The molecule has 1 unspecified atom stereocenters. The number of carbonyl (C=O) groups excluding carboxylic acids is 1. The third-order valence-corrected chi connectivity index (χ3v) is 3.44. The van der Waals surface area contributed by atoms with Crippen LogP contribution in [0.25, 0.3) is 0 Å².